The van der Waals surface area contributed by atoms with Gasteiger partial charge in [-0.15, -0.1) is 0 Å². The van der Waals surface area contributed by atoms with E-state index < -0.39 is 5.60 Å². The number of amides is 1. The summed E-state index contributed by atoms with van der Waals surface area (Å²) in [4.78, 5) is 28.1. The summed E-state index contributed by atoms with van der Waals surface area (Å²) in [6.45, 7) is 4.39. The van der Waals surface area contributed by atoms with Crippen LogP contribution >= 0.6 is 0 Å². The van der Waals surface area contributed by atoms with Crippen molar-refractivity contribution in [2.45, 2.75) is 25.4 Å². The molecule has 1 spiro atoms. The van der Waals surface area contributed by atoms with Crippen LogP contribution in [0.1, 0.15) is 18.4 Å². The fraction of sp³-hybridized carbons (Fsp3) is 0.423. The first-order valence-corrected chi connectivity index (χ1v) is 11.9. The number of rotatable bonds is 5. The standard InChI is InChI=1S/C26H32N6O3/c1-17-19(7-6-8-21(17)30(2)3)29-24-18-13-22(23(34-5)14-20(18)27-16-28-24)32-15-26(35-25(32)33)9-11-31(4)12-10-26/h6-8,13-14,16H,9-12,15H2,1-5H3,(H,27,28,29). The van der Waals surface area contributed by atoms with E-state index in [1.807, 2.05) is 38.4 Å². The predicted octanol–water partition coefficient (Wildman–Crippen LogP) is 4.18. The van der Waals surface area contributed by atoms with E-state index in [9.17, 15) is 4.79 Å². The third-order valence-electron chi connectivity index (χ3n) is 7.14. The largest absolute Gasteiger partial charge is 0.494 e. The minimum absolute atomic E-state index is 0.340. The minimum Gasteiger partial charge on any atom is -0.494 e. The molecule has 5 rings (SSSR count). The Morgan fingerprint density at radius 2 is 1.94 bits per heavy atom. The smallest absolute Gasteiger partial charge is 0.415 e. The molecule has 2 aliphatic heterocycles. The number of carbonyl (C=O) groups excluding carboxylic acids is 1. The summed E-state index contributed by atoms with van der Waals surface area (Å²) < 4.78 is 11.6. The molecule has 2 aromatic carbocycles. The quantitative estimate of drug-likeness (QED) is 0.587. The molecule has 0 radical (unpaired) electrons. The van der Waals surface area contributed by atoms with Crippen LogP contribution in [0.5, 0.6) is 5.75 Å². The van der Waals surface area contributed by atoms with Crippen LogP contribution in [0, 0.1) is 6.92 Å². The SMILES string of the molecule is COc1cc2ncnc(Nc3cccc(N(C)C)c3C)c2cc1N1CC2(CCN(C)CC2)OC1=O. The number of anilines is 4. The van der Waals surface area contributed by atoms with Crippen molar-refractivity contribution in [1.82, 2.24) is 14.9 Å². The van der Waals surface area contributed by atoms with Gasteiger partial charge in [0, 0.05) is 62.9 Å². The predicted molar refractivity (Wildman–Crippen MR) is 138 cm³/mol. The van der Waals surface area contributed by atoms with Crippen LogP contribution in [0.3, 0.4) is 0 Å². The number of hydrogen-bond acceptors (Lipinski definition) is 8. The van der Waals surface area contributed by atoms with Crippen molar-refractivity contribution in [1.29, 1.82) is 0 Å². The van der Waals surface area contributed by atoms with Crippen LogP contribution in [0.25, 0.3) is 10.9 Å². The molecule has 2 saturated heterocycles. The molecular weight excluding hydrogens is 444 g/mol. The van der Waals surface area contributed by atoms with Crippen molar-refractivity contribution in [3.8, 4) is 5.75 Å². The highest BCUT2D eigenvalue weighted by atomic mass is 16.6. The van der Waals surface area contributed by atoms with Crippen molar-refractivity contribution in [2.24, 2.45) is 0 Å². The number of nitrogens with zero attached hydrogens (tertiary/aromatic N) is 5. The second-order valence-electron chi connectivity index (χ2n) is 9.67. The number of carbonyl (C=O) groups is 1. The van der Waals surface area contributed by atoms with E-state index in [0.29, 0.717) is 23.8 Å². The lowest BCUT2D eigenvalue weighted by Crippen LogP contribution is -2.45. The Hall–Kier alpha value is -3.59. The van der Waals surface area contributed by atoms with Gasteiger partial charge in [-0.1, -0.05) is 6.07 Å². The van der Waals surface area contributed by atoms with Gasteiger partial charge >= 0.3 is 6.09 Å². The molecule has 0 aliphatic carbocycles. The molecule has 2 aliphatic rings. The number of likely N-dealkylation sites (tertiary alicyclic amines) is 1. The fourth-order valence-corrected chi connectivity index (χ4v) is 5.01. The maximum Gasteiger partial charge on any atom is 0.415 e. The number of benzene rings is 2. The molecule has 1 aromatic heterocycles. The normalized spacial score (nSPS) is 17.6. The number of ether oxygens (including phenoxy) is 2. The van der Waals surface area contributed by atoms with Crippen molar-refractivity contribution >= 4 is 39.9 Å². The van der Waals surface area contributed by atoms with E-state index in [1.54, 1.807) is 12.0 Å². The molecule has 1 amide bonds. The molecule has 9 heteroatoms. The highest BCUT2D eigenvalue weighted by Gasteiger charge is 2.47. The Morgan fingerprint density at radius 1 is 1.17 bits per heavy atom. The molecule has 3 aromatic rings. The van der Waals surface area contributed by atoms with Gasteiger partial charge in [0.15, 0.2) is 0 Å². The fourth-order valence-electron chi connectivity index (χ4n) is 5.01. The molecule has 1 N–H and O–H groups in total. The summed E-state index contributed by atoms with van der Waals surface area (Å²) >= 11 is 0. The summed E-state index contributed by atoms with van der Waals surface area (Å²) in [7, 11) is 7.75. The van der Waals surface area contributed by atoms with Crippen molar-refractivity contribution in [3.63, 3.8) is 0 Å². The molecule has 0 unspecified atom stereocenters. The average Bonchev–Trinajstić information content (AvgIpc) is 3.17. The molecule has 2 fully saturated rings. The first kappa shape index (κ1) is 23.2. The van der Waals surface area contributed by atoms with Crippen LogP contribution in [-0.2, 0) is 4.74 Å². The summed E-state index contributed by atoms with van der Waals surface area (Å²) in [6, 6.07) is 9.91. The van der Waals surface area contributed by atoms with Crippen LogP contribution in [0.15, 0.2) is 36.7 Å². The van der Waals surface area contributed by atoms with Gasteiger partial charge in [-0.2, -0.15) is 0 Å². The monoisotopic (exact) mass is 476 g/mol. The number of fused-ring (bicyclic) bond motifs is 1. The van der Waals surface area contributed by atoms with Gasteiger partial charge in [-0.25, -0.2) is 14.8 Å². The number of aromatic nitrogens is 2. The molecule has 0 saturated carbocycles. The van der Waals surface area contributed by atoms with E-state index in [0.717, 1.165) is 53.8 Å². The lowest BCUT2D eigenvalue weighted by Gasteiger charge is -2.35. The third-order valence-corrected chi connectivity index (χ3v) is 7.14. The third kappa shape index (κ3) is 4.20. The van der Waals surface area contributed by atoms with Gasteiger partial charge in [-0.05, 0) is 37.7 Å². The van der Waals surface area contributed by atoms with E-state index in [1.165, 1.54) is 6.33 Å². The Labute approximate surface area is 205 Å². The topological polar surface area (TPSA) is 83.1 Å². The van der Waals surface area contributed by atoms with Crippen molar-refractivity contribution in [2.75, 3.05) is 63.0 Å². The van der Waals surface area contributed by atoms with Gasteiger partial charge in [0.2, 0.25) is 0 Å². The molecule has 35 heavy (non-hydrogen) atoms. The van der Waals surface area contributed by atoms with Gasteiger partial charge in [0.1, 0.15) is 23.5 Å². The summed E-state index contributed by atoms with van der Waals surface area (Å²) in [5, 5.41) is 4.28. The van der Waals surface area contributed by atoms with Crippen molar-refractivity contribution in [3.05, 3.63) is 42.2 Å². The maximum atomic E-state index is 13.0. The number of methoxy groups -OCH3 is 1. The minimum atomic E-state index is -0.457. The van der Waals surface area contributed by atoms with Gasteiger partial charge in [0.25, 0.3) is 0 Å². The van der Waals surface area contributed by atoms with E-state index >= 15 is 0 Å². The Balaban J connectivity index is 1.54. The Bertz CT molecular complexity index is 1270. The number of hydrogen-bond donors (Lipinski definition) is 1. The lowest BCUT2D eigenvalue weighted by molar-refractivity contribution is 0.00678. The summed E-state index contributed by atoms with van der Waals surface area (Å²) in [5.41, 5.74) is 4.13. The molecule has 0 bridgehead atoms. The summed E-state index contributed by atoms with van der Waals surface area (Å²) in [5.74, 6) is 1.24. The van der Waals surface area contributed by atoms with Crippen LogP contribution < -0.4 is 19.9 Å². The molecule has 0 atom stereocenters. The second-order valence-corrected chi connectivity index (χ2v) is 9.67. The molecule has 3 heterocycles. The highest BCUT2D eigenvalue weighted by molar-refractivity contribution is 6.00. The maximum absolute atomic E-state index is 13.0. The van der Waals surface area contributed by atoms with E-state index in [-0.39, 0.29) is 6.09 Å². The first-order valence-electron chi connectivity index (χ1n) is 11.9. The Morgan fingerprint density at radius 3 is 2.66 bits per heavy atom. The van der Waals surface area contributed by atoms with Gasteiger partial charge in [0.05, 0.1) is 24.9 Å². The zero-order chi connectivity index (χ0) is 24.7. The van der Waals surface area contributed by atoms with Crippen LogP contribution in [0.4, 0.5) is 27.7 Å². The van der Waals surface area contributed by atoms with Crippen LogP contribution in [-0.4, -0.2) is 74.4 Å². The summed E-state index contributed by atoms with van der Waals surface area (Å²) in [6.07, 6.45) is 2.83. The molecule has 9 nitrogen and oxygen atoms in total. The number of piperidine rings is 1. The van der Waals surface area contributed by atoms with Gasteiger partial charge < -0.3 is 24.6 Å². The average molecular weight is 477 g/mol. The molecule has 184 valence electrons. The van der Waals surface area contributed by atoms with E-state index in [2.05, 4.69) is 45.1 Å². The highest BCUT2D eigenvalue weighted by Crippen LogP contribution is 2.41. The first-order chi connectivity index (χ1) is 16.8. The van der Waals surface area contributed by atoms with E-state index in [4.69, 9.17) is 9.47 Å². The van der Waals surface area contributed by atoms with Crippen molar-refractivity contribution < 1.29 is 14.3 Å². The van der Waals surface area contributed by atoms with Gasteiger partial charge in [-0.3, -0.25) is 4.90 Å². The van der Waals surface area contributed by atoms with Crippen LogP contribution in [0.2, 0.25) is 0 Å². The zero-order valence-electron chi connectivity index (χ0n) is 21.0. The Kier molecular flexibility index (Phi) is 5.88. The lowest BCUT2D eigenvalue weighted by atomic mass is 9.91. The number of nitrogens with one attached hydrogen (secondary N) is 1. The zero-order valence-corrected chi connectivity index (χ0v) is 21.0. The molecular formula is C26H32N6O3. The second kappa shape index (κ2) is 8.88.